The molecule has 0 aliphatic rings. The van der Waals surface area contributed by atoms with E-state index in [1.54, 1.807) is 6.07 Å². The van der Waals surface area contributed by atoms with Gasteiger partial charge in [-0.1, -0.05) is 15.9 Å². The van der Waals surface area contributed by atoms with Crippen molar-refractivity contribution in [2.45, 2.75) is 19.5 Å². The van der Waals surface area contributed by atoms with Crippen molar-refractivity contribution in [3.05, 3.63) is 34.1 Å². The molecular weight excluding hydrogens is 247 g/mol. The first kappa shape index (κ1) is 11.6. The molecule has 0 amide bonds. The first-order valence-corrected chi connectivity index (χ1v) is 5.30. The van der Waals surface area contributed by atoms with Crippen LogP contribution in [-0.4, -0.2) is 12.6 Å². The maximum absolute atomic E-state index is 12.9. The lowest BCUT2D eigenvalue weighted by atomic mass is 10.2. The van der Waals surface area contributed by atoms with Crippen LogP contribution in [0, 0.1) is 5.82 Å². The summed E-state index contributed by atoms with van der Waals surface area (Å²) in [6.07, 6.45) is 0. The highest BCUT2D eigenvalue weighted by molar-refractivity contribution is 9.10. The Balaban J connectivity index is 2.62. The van der Waals surface area contributed by atoms with E-state index >= 15 is 0 Å². The second kappa shape index (κ2) is 5.44. The lowest BCUT2D eigenvalue weighted by Crippen LogP contribution is -2.32. The molecular formula is C10H14BrFN2. The zero-order valence-electron chi connectivity index (χ0n) is 8.06. The molecule has 3 N–H and O–H groups in total. The minimum absolute atomic E-state index is 0.217. The minimum Gasteiger partial charge on any atom is -0.329 e. The molecule has 2 nitrogen and oxygen atoms in total. The Morgan fingerprint density at radius 1 is 1.57 bits per heavy atom. The van der Waals surface area contributed by atoms with Crippen LogP contribution in [-0.2, 0) is 6.54 Å². The maximum atomic E-state index is 12.9. The van der Waals surface area contributed by atoms with Crippen LogP contribution in [0.25, 0.3) is 0 Å². The first-order valence-electron chi connectivity index (χ1n) is 4.51. The Morgan fingerprint density at radius 3 is 2.93 bits per heavy atom. The van der Waals surface area contributed by atoms with E-state index in [1.165, 1.54) is 12.1 Å². The van der Waals surface area contributed by atoms with Crippen molar-refractivity contribution in [2.75, 3.05) is 6.54 Å². The Kier molecular flexibility index (Phi) is 4.51. The number of benzene rings is 1. The SMILES string of the molecule is C[C@@H](CN)NCc1cc(F)ccc1Br. The van der Waals surface area contributed by atoms with Crippen molar-refractivity contribution in [1.82, 2.24) is 5.32 Å². The van der Waals surface area contributed by atoms with Gasteiger partial charge in [-0.15, -0.1) is 0 Å². The fourth-order valence-electron chi connectivity index (χ4n) is 1.05. The van der Waals surface area contributed by atoms with Gasteiger partial charge in [0.2, 0.25) is 0 Å². The van der Waals surface area contributed by atoms with Crippen molar-refractivity contribution >= 4 is 15.9 Å². The van der Waals surface area contributed by atoms with Gasteiger partial charge in [-0.05, 0) is 30.7 Å². The zero-order chi connectivity index (χ0) is 10.6. The quantitative estimate of drug-likeness (QED) is 0.870. The van der Waals surface area contributed by atoms with Gasteiger partial charge in [0, 0.05) is 23.6 Å². The summed E-state index contributed by atoms with van der Waals surface area (Å²) < 4.78 is 13.8. The average Bonchev–Trinajstić information content (AvgIpc) is 2.19. The van der Waals surface area contributed by atoms with E-state index in [0.717, 1.165) is 10.0 Å². The third-order valence-corrected chi connectivity index (χ3v) is 2.78. The van der Waals surface area contributed by atoms with Crippen molar-refractivity contribution < 1.29 is 4.39 Å². The number of hydrogen-bond donors (Lipinski definition) is 2. The molecule has 0 unspecified atom stereocenters. The highest BCUT2D eigenvalue weighted by atomic mass is 79.9. The van der Waals surface area contributed by atoms with Crippen molar-refractivity contribution in [3.8, 4) is 0 Å². The average molecular weight is 261 g/mol. The van der Waals surface area contributed by atoms with Crippen LogP contribution in [0.15, 0.2) is 22.7 Å². The maximum Gasteiger partial charge on any atom is 0.123 e. The summed E-state index contributed by atoms with van der Waals surface area (Å²) in [4.78, 5) is 0. The fraction of sp³-hybridized carbons (Fsp3) is 0.400. The van der Waals surface area contributed by atoms with Crippen LogP contribution in [0.4, 0.5) is 4.39 Å². The summed E-state index contributed by atoms with van der Waals surface area (Å²) >= 11 is 3.36. The molecule has 0 saturated carbocycles. The monoisotopic (exact) mass is 260 g/mol. The number of hydrogen-bond acceptors (Lipinski definition) is 2. The van der Waals surface area contributed by atoms with E-state index in [1.807, 2.05) is 6.92 Å². The Bertz CT molecular complexity index is 304. The van der Waals surface area contributed by atoms with Crippen LogP contribution in [0.2, 0.25) is 0 Å². The molecule has 0 heterocycles. The molecule has 1 atom stereocenters. The van der Waals surface area contributed by atoms with Gasteiger partial charge in [0.15, 0.2) is 0 Å². The second-order valence-corrected chi connectivity index (χ2v) is 4.11. The zero-order valence-corrected chi connectivity index (χ0v) is 9.64. The largest absolute Gasteiger partial charge is 0.329 e. The lowest BCUT2D eigenvalue weighted by Gasteiger charge is -2.12. The van der Waals surface area contributed by atoms with Crippen LogP contribution in [0.3, 0.4) is 0 Å². The molecule has 1 rings (SSSR count). The van der Waals surface area contributed by atoms with Crippen molar-refractivity contribution in [1.29, 1.82) is 0 Å². The van der Waals surface area contributed by atoms with Crippen LogP contribution in [0.1, 0.15) is 12.5 Å². The Morgan fingerprint density at radius 2 is 2.29 bits per heavy atom. The predicted molar refractivity (Wildman–Crippen MR) is 59.5 cm³/mol. The molecule has 0 aliphatic heterocycles. The van der Waals surface area contributed by atoms with Gasteiger partial charge < -0.3 is 11.1 Å². The standard InChI is InChI=1S/C10H14BrFN2/c1-7(5-13)14-6-8-4-9(12)2-3-10(8)11/h2-4,7,14H,5-6,13H2,1H3/t7-/m0/s1. The predicted octanol–water partition coefficient (Wildman–Crippen LogP) is 2.03. The summed E-state index contributed by atoms with van der Waals surface area (Å²) in [5.74, 6) is -0.217. The van der Waals surface area contributed by atoms with E-state index in [4.69, 9.17) is 5.73 Å². The third-order valence-electron chi connectivity index (χ3n) is 2.00. The molecule has 0 aliphatic carbocycles. The number of nitrogens with two attached hydrogens (primary N) is 1. The molecule has 1 aromatic carbocycles. The summed E-state index contributed by atoms with van der Waals surface area (Å²) in [5, 5.41) is 3.19. The lowest BCUT2D eigenvalue weighted by molar-refractivity contribution is 0.552. The van der Waals surface area contributed by atoms with Gasteiger partial charge in [-0.2, -0.15) is 0 Å². The Hall–Kier alpha value is -0.450. The normalized spacial score (nSPS) is 12.9. The van der Waals surface area contributed by atoms with Crippen molar-refractivity contribution in [3.63, 3.8) is 0 Å². The summed E-state index contributed by atoms with van der Waals surface area (Å²) in [7, 11) is 0. The molecule has 0 aromatic heterocycles. The van der Waals surface area contributed by atoms with E-state index < -0.39 is 0 Å². The summed E-state index contributed by atoms with van der Waals surface area (Å²) in [6.45, 7) is 3.19. The molecule has 14 heavy (non-hydrogen) atoms. The number of halogens is 2. The third kappa shape index (κ3) is 3.36. The molecule has 0 saturated heterocycles. The molecule has 0 spiro atoms. The van der Waals surface area contributed by atoms with Gasteiger partial charge in [-0.3, -0.25) is 0 Å². The van der Waals surface area contributed by atoms with Gasteiger partial charge in [0.05, 0.1) is 0 Å². The smallest absolute Gasteiger partial charge is 0.123 e. The minimum atomic E-state index is -0.217. The molecule has 0 bridgehead atoms. The highest BCUT2D eigenvalue weighted by Crippen LogP contribution is 2.17. The van der Waals surface area contributed by atoms with Gasteiger partial charge >= 0.3 is 0 Å². The fourth-order valence-corrected chi connectivity index (χ4v) is 1.43. The molecule has 78 valence electrons. The first-order chi connectivity index (χ1) is 6.63. The van der Waals surface area contributed by atoms with Crippen LogP contribution in [0.5, 0.6) is 0 Å². The van der Waals surface area contributed by atoms with Gasteiger partial charge in [0.25, 0.3) is 0 Å². The van der Waals surface area contributed by atoms with E-state index in [2.05, 4.69) is 21.2 Å². The van der Waals surface area contributed by atoms with Gasteiger partial charge in [-0.25, -0.2) is 4.39 Å². The van der Waals surface area contributed by atoms with Crippen molar-refractivity contribution in [2.24, 2.45) is 5.73 Å². The molecule has 0 radical (unpaired) electrons. The van der Waals surface area contributed by atoms with Gasteiger partial charge in [0.1, 0.15) is 5.82 Å². The molecule has 4 heteroatoms. The highest BCUT2D eigenvalue weighted by Gasteiger charge is 2.03. The summed E-state index contributed by atoms with van der Waals surface area (Å²) in [6, 6.07) is 4.89. The van der Waals surface area contributed by atoms with E-state index in [-0.39, 0.29) is 11.9 Å². The number of rotatable bonds is 4. The van der Waals surface area contributed by atoms with E-state index in [0.29, 0.717) is 13.1 Å². The Labute approximate surface area is 91.8 Å². The van der Waals surface area contributed by atoms with E-state index in [9.17, 15) is 4.39 Å². The topological polar surface area (TPSA) is 38.0 Å². The van der Waals surface area contributed by atoms with Crippen LogP contribution < -0.4 is 11.1 Å². The molecule has 0 fully saturated rings. The second-order valence-electron chi connectivity index (χ2n) is 3.25. The summed E-state index contributed by atoms with van der Waals surface area (Å²) in [5.41, 5.74) is 6.36. The molecule has 1 aromatic rings. The number of nitrogens with one attached hydrogen (secondary N) is 1. The van der Waals surface area contributed by atoms with Crippen LogP contribution >= 0.6 is 15.9 Å².